The van der Waals surface area contributed by atoms with Crippen molar-refractivity contribution in [1.29, 1.82) is 0 Å². The molecule has 0 fully saturated rings. The van der Waals surface area contributed by atoms with Gasteiger partial charge in [-0.2, -0.15) is 0 Å². The van der Waals surface area contributed by atoms with Gasteiger partial charge in [0.2, 0.25) is 0 Å². The monoisotopic (exact) mass is 304 g/mol. The molecule has 3 rings (SSSR count). The van der Waals surface area contributed by atoms with E-state index in [-0.39, 0.29) is 0 Å². The van der Waals surface area contributed by atoms with E-state index in [1.165, 1.54) is 68.1 Å². The van der Waals surface area contributed by atoms with Crippen molar-refractivity contribution < 1.29 is 0 Å². The summed E-state index contributed by atoms with van der Waals surface area (Å²) in [4.78, 5) is 0. The van der Waals surface area contributed by atoms with Gasteiger partial charge in [-0.1, -0.05) is 79.9 Å². The van der Waals surface area contributed by atoms with Gasteiger partial charge in [-0.25, -0.2) is 0 Å². The minimum absolute atomic E-state index is 1.26. The summed E-state index contributed by atoms with van der Waals surface area (Å²) in [6, 6.07) is 19.9. The second kappa shape index (κ2) is 8.15. The second-order valence-corrected chi connectivity index (χ2v) is 6.66. The van der Waals surface area contributed by atoms with Gasteiger partial charge in [-0.3, -0.25) is 0 Å². The zero-order chi connectivity index (χ0) is 15.9. The van der Waals surface area contributed by atoms with Gasteiger partial charge >= 0.3 is 0 Å². The van der Waals surface area contributed by atoms with E-state index in [1.807, 2.05) is 0 Å². The number of rotatable bonds is 6. The van der Waals surface area contributed by atoms with Gasteiger partial charge < -0.3 is 0 Å². The van der Waals surface area contributed by atoms with E-state index in [4.69, 9.17) is 0 Å². The number of benzene rings is 2. The van der Waals surface area contributed by atoms with Crippen LogP contribution in [-0.2, 0) is 0 Å². The Labute approximate surface area is 141 Å². The molecule has 120 valence electrons. The number of unbranched alkanes of at least 4 members (excludes halogenated alkanes) is 2. The Morgan fingerprint density at radius 2 is 1.43 bits per heavy atom. The minimum Gasteiger partial charge on any atom is -0.0664 e. The Morgan fingerprint density at radius 3 is 2.22 bits per heavy atom. The van der Waals surface area contributed by atoms with Crippen molar-refractivity contribution in [3.05, 3.63) is 65.7 Å². The van der Waals surface area contributed by atoms with Gasteiger partial charge in [0.1, 0.15) is 0 Å². The first-order chi connectivity index (χ1) is 11.4. The Morgan fingerprint density at radius 1 is 0.739 bits per heavy atom. The lowest BCUT2D eigenvalue weighted by molar-refractivity contribution is 0.647. The Kier molecular flexibility index (Phi) is 5.69. The fourth-order valence-corrected chi connectivity index (χ4v) is 3.77. The summed E-state index contributed by atoms with van der Waals surface area (Å²) in [5, 5.41) is 0. The first-order valence-corrected chi connectivity index (χ1v) is 9.26. The van der Waals surface area contributed by atoms with Gasteiger partial charge in [-0.15, -0.1) is 0 Å². The van der Waals surface area contributed by atoms with Gasteiger partial charge in [0.25, 0.3) is 0 Å². The fourth-order valence-electron chi connectivity index (χ4n) is 3.77. The molecule has 0 nitrogen and oxygen atoms in total. The van der Waals surface area contributed by atoms with Crippen LogP contribution < -0.4 is 0 Å². The van der Waals surface area contributed by atoms with Crippen molar-refractivity contribution in [2.75, 3.05) is 0 Å². The van der Waals surface area contributed by atoms with E-state index in [0.717, 1.165) is 0 Å². The maximum absolute atomic E-state index is 2.34. The molecule has 0 radical (unpaired) electrons. The molecule has 0 heterocycles. The Bertz CT molecular complexity index is 649. The lowest BCUT2D eigenvalue weighted by atomic mass is 9.82. The Balaban J connectivity index is 1.99. The molecule has 0 spiro atoms. The van der Waals surface area contributed by atoms with Crippen LogP contribution in [0.15, 0.2) is 60.2 Å². The normalized spacial score (nSPS) is 15.0. The van der Waals surface area contributed by atoms with Crippen molar-refractivity contribution in [3.8, 4) is 11.1 Å². The molecule has 0 amide bonds. The molecule has 0 unspecified atom stereocenters. The van der Waals surface area contributed by atoms with Crippen LogP contribution in [-0.4, -0.2) is 0 Å². The smallest absolute Gasteiger partial charge is 0.0109 e. The lowest BCUT2D eigenvalue weighted by Gasteiger charge is -2.23. The third kappa shape index (κ3) is 3.93. The van der Waals surface area contributed by atoms with Crippen LogP contribution in [0.25, 0.3) is 16.7 Å². The molecule has 0 heteroatoms. The molecule has 2 aromatic rings. The van der Waals surface area contributed by atoms with Crippen LogP contribution in [0.2, 0.25) is 0 Å². The average Bonchev–Trinajstić information content (AvgIpc) is 2.63. The molecule has 0 saturated heterocycles. The number of allylic oxidation sites excluding steroid dienone is 2. The van der Waals surface area contributed by atoms with E-state index in [9.17, 15) is 0 Å². The predicted molar refractivity (Wildman–Crippen MR) is 101 cm³/mol. The molecule has 2 aromatic carbocycles. The van der Waals surface area contributed by atoms with E-state index in [1.54, 1.807) is 11.1 Å². The standard InChI is InChI=1S/C23H28/c1-2-3-5-12-19-15-8-9-16-21(19)23-18-11-10-17-22(23)20-13-6-4-7-14-20/h4,6-7,10-11,13-14,17-18H,2-3,5,8-9,12,15-16H2,1H3. The highest BCUT2D eigenvalue weighted by Gasteiger charge is 2.17. The SMILES string of the molecule is CCCCCC1=C(c2ccccc2-c2ccccc2)CCCC1. The minimum atomic E-state index is 1.26. The van der Waals surface area contributed by atoms with Gasteiger partial charge in [0, 0.05) is 0 Å². The molecule has 0 aliphatic heterocycles. The third-order valence-electron chi connectivity index (χ3n) is 5.00. The zero-order valence-electron chi connectivity index (χ0n) is 14.4. The van der Waals surface area contributed by atoms with Crippen molar-refractivity contribution in [2.24, 2.45) is 0 Å². The summed E-state index contributed by atoms with van der Waals surface area (Å²) < 4.78 is 0. The summed E-state index contributed by atoms with van der Waals surface area (Å²) in [6.07, 6.45) is 10.6. The molecule has 0 N–H and O–H groups in total. The first kappa shape index (κ1) is 16.1. The van der Waals surface area contributed by atoms with Crippen molar-refractivity contribution in [2.45, 2.75) is 58.3 Å². The van der Waals surface area contributed by atoms with Crippen LogP contribution in [0, 0.1) is 0 Å². The molecule has 0 atom stereocenters. The average molecular weight is 304 g/mol. The van der Waals surface area contributed by atoms with Gasteiger partial charge in [0.15, 0.2) is 0 Å². The molecule has 0 saturated carbocycles. The topological polar surface area (TPSA) is 0 Å². The quantitative estimate of drug-likeness (QED) is 0.492. The van der Waals surface area contributed by atoms with Crippen LogP contribution in [0.4, 0.5) is 0 Å². The second-order valence-electron chi connectivity index (χ2n) is 6.66. The van der Waals surface area contributed by atoms with Gasteiger partial charge in [0.05, 0.1) is 0 Å². The van der Waals surface area contributed by atoms with Gasteiger partial charge in [-0.05, 0) is 60.8 Å². The van der Waals surface area contributed by atoms with Crippen LogP contribution in [0.3, 0.4) is 0 Å². The van der Waals surface area contributed by atoms with Crippen molar-refractivity contribution >= 4 is 5.57 Å². The lowest BCUT2D eigenvalue weighted by Crippen LogP contribution is -2.01. The molecule has 0 bridgehead atoms. The molecule has 0 aromatic heterocycles. The maximum atomic E-state index is 2.34. The van der Waals surface area contributed by atoms with E-state index < -0.39 is 0 Å². The largest absolute Gasteiger partial charge is 0.0664 e. The summed E-state index contributed by atoms with van der Waals surface area (Å²) >= 11 is 0. The summed E-state index contributed by atoms with van der Waals surface area (Å²) in [5.74, 6) is 0. The van der Waals surface area contributed by atoms with Crippen LogP contribution >= 0.6 is 0 Å². The molecule has 23 heavy (non-hydrogen) atoms. The molecular weight excluding hydrogens is 276 g/mol. The summed E-state index contributed by atoms with van der Waals surface area (Å²) in [6.45, 7) is 2.29. The highest BCUT2D eigenvalue weighted by Crippen LogP contribution is 2.39. The first-order valence-electron chi connectivity index (χ1n) is 9.26. The summed E-state index contributed by atoms with van der Waals surface area (Å²) in [7, 11) is 0. The summed E-state index contributed by atoms with van der Waals surface area (Å²) in [5.41, 5.74) is 7.59. The Hall–Kier alpha value is -1.82. The van der Waals surface area contributed by atoms with E-state index in [0.29, 0.717) is 0 Å². The third-order valence-corrected chi connectivity index (χ3v) is 5.00. The van der Waals surface area contributed by atoms with Crippen molar-refractivity contribution in [1.82, 2.24) is 0 Å². The van der Waals surface area contributed by atoms with Crippen molar-refractivity contribution in [3.63, 3.8) is 0 Å². The van der Waals surface area contributed by atoms with E-state index >= 15 is 0 Å². The number of hydrogen-bond donors (Lipinski definition) is 0. The highest BCUT2D eigenvalue weighted by molar-refractivity contribution is 5.83. The maximum Gasteiger partial charge on any atom is -0.0109 e. The van der Waals surface area contributed by atoms with Crippen LogP contribution in [0.5, 0.6) is 0 Å². The number of hydrogen-bond acceptors (Lipinski definition) is 0. The predicted octanol–water partition coefficient (Wildman–Crippen LogP) is 7.26. The van der Waals surface area contributed by atoms with E-state index in [2.05, 4.69) is 61.5 Å². The fraction of sp³-hybridized carbons (Fsp3) is 0.391. The highest BCUT2D eigenvalue weighted by atomic mass is 14.2. The zero-order valence-corrected chi connectivity index (χ0v) is 14.4. The van der Waals surface area contributed by atoms with Crippen LogP contribution in [0.1, 0.15) is 63.9 Å². The molecular formula is C23H28. The molecule has 1 aliphatic rings. The molecule has 1 aliphatic carbocycles.